The molecule has 1 aliphatic rings. The van der Waals surface area contributed by atoms with E-state index < -0.39 is 0 Å². The lowest BCUT2D eigenvalue weighted by atomic mass is 9.98. The molecule has 0 radical (unpaired) electrons. The van der Waals surface area contributed by atoms with Crippen LogP contribution in [-0.2, 0) is 0 Å². The highest BCUT2D eigenvalue weighted by atomic mass is 14.9. The topological polar surface area (TPSA) is 12.0 Å². The van der Waals surface area contributed by atoms with E-state index in [2.05, 4.69) is 43.4 Å². The summed E-state index contributed by atoms with van der Waals surface area (Å²) in [4.78, 5) is 0. The molecule has 1 heteroatoms. The third-order valence-corrected chi connectivity index (χ3v) is 4.66. The third kappa shape index (κ3) is 4.56. The SMILES string of the molecule is CCC(C)c1ccc(NCC2CCCCCC2)cc1. The van der Waals surface area contributed by atoms with Gasteiger partial charge >= 0.3 is 0 Å². The van der Waals surface area contributed by atoms with Crippen LogP contribution >= 0.6 is 0 Å². The summed E-state index contributed by atoms with van der Waals surface area (Å²) in [5.41, 5.74) is 2.75. The minimum atomic E-state index is 0.677. The number of anilines is 1. The summed E-state index contributed by atoms with van der Waals surface area (Å²) in [5, 5.41) is 3.63. The van der Waals surface area contributed by atoms with E-state index in [0.29, 0.717) is 5.92 Å². The summed E-state index contributed by atoms with van der Waals surface area (Å²) < 4.78 is 0. The summed E-state index contributed by atoms with van der Waals surface area (Å²) in [6.07, 6.45) is 9.80. The first-order valence-electron chi connectivity index (χ1n) is 8.13. The van der Waals surface area contributed by atoms with Crippen LogP contribution in [0, 0.1) is 5.92 Å². The van der Waals surface area contributed by atoms with Crippen molar-refractivity contribution in [2.75, 3.05) is 11.9 Å². The second kappa shape index (κ2) is 7.57. The Bertz CT molecular complexity index is 346. The van der Waals surface area contributed by atoms with Gasteiger partial charge in [-0.25, -0.2) is 0 Å². The van der Waals surface area contributed by atoms with Crippen molar-refractivity contribution in [3.8, 4) is 0 Å². The lowest BCUT2D eigenvalue weighted by molar-refractivity contribution is 0.483. The predicted molar refractivity (Wildman–Crippen MR) is 84.8 cm³/mol. The van der Waals surface area contributed by atoms with E-state index in [0.717, 1.165) is 12.5 Å². The Hall–Kier alpha value is -0.980. The Morgan fingerprint density at radius 2 is 1.68 bits per heavy atom. The van der Waals surface area contributed by atoms with Crippen LogP contribution in [0.15, 0.2) is 24.3 Å². The minimum absolute atomic E-state index is 0.677. The molecule has 1 saturated carbocycles. The second-order valence-corrected chi connectivity index (χ2v) is 6.17. The zero-order chi connectivity index (χ0) is 13.5. The molecule has 0 bridgehead atoms. The van der Waals surface area contributed by atoms with Crippen LogP contribution in [0.3, 0.4) is 0 Å². The van der Waals surface area contributed by atoms with E-state index in [1.165, 1.54) is 56.2 Å². The van der Waals surface area contributed by atoms with Crippen LogP contribution in [0.1, 0.15) is 70.3 Å². The summed E-state index contributed by atoms with van der Waals surface area (Å²) in [7, 11) is 0. The molecule has 0 amide bonds. The maximum atomic E-state index is 3.63. The molecule has 0 aliphatic heterocycles. The standard InChI is InChI=1S/C18H29N/c1-3-15(2)17-10-12-18(13-11-17)19-14-16-8-6-4-5-7-9-16/h10-13,15-16,19H,3-9,14H2,1-2H3. The number of hydrogen-bond acceptors (Lipinski definition) is 1. The average Bonchev–Trinajstić information content (AvgIpc) is 2.73. The highest BCUT2D eigenvalue weighted by Crippen LogP contribution is 2.24. The minimum Gasteiger partial charge on any atom is -0.385 e. The molecule has 106 valence electrons. The molecule has 2 rings (SSSR count). The number of nitrogens with one attached hydrogen (secondary N) is 1. The molecule has 0 saturated heterocycles. The predicted octanol–water partition coefficient (Wildman–Crippen LogP) is 5.58. The van der Waals surface area contributed by atoms with Crippen molar-refractivity contribution >= 4 is 5.69 Å². The van der Waals surface area contributed by atoms with Gasteiger partial charge in [0.1, 0.15) is 0 Å². The van der Waals surface area contributed by atoms with Gasteiger partial charge in [-0.2, -0.15) is 0 Å². The van der Waals surface area contributed by atoms with Crippen molar-refractivity contribution in [3.63, 3.8) is 0 Å². The summed E-state index contributed by atoms with van der Waals surface area (Å²) >= 11 is 0. The van der Waals surface area contributed by atoms with Gasteiger partial charge in [0.2, 0.25) is 0 Å². The van der Waals surface area contributed by atoms with Crippen LogP contribution in [0.4, 0.5) is 5.69 Å². The molecule has 1 aromatic carbocycles. The average molecular weight is 259 g/mol. The van der Waals surface area contributed by atoms with Gasteiger partial charge in [-0.1, -0.05) is 51.7 Å². The maximum absolute atomic E-state index is 3.63. The second-order valence-electron chi connectivity index (χ2n) is 6.17. The molecule has 1 aliphatic carbocycles. The molecule has 1 atom stereocenters. The Labute approximate surface area is 118 Å². The van der Waals surface area contributed by atoms with Gasteiger partial charge in [0, 0.05) is 12.2 Å². The zero-order valence-electron chi connectivity index (χ0n) is 12.6. The van der Waals surface area contributed by atoms with Crippen LogP contribution in [0.2, 0.25) is 0 Å². The van der Waals surface area contributed by atoms with Crippen LogP contribution in [0.5, 0.6) is 0 Å². The first kappa shape index (κ1) is 14.4. The highest BCUT2D eigenvalue weighted by molar-refractivity contribution is 5.45. The quantitative estimate of drug-likeness (QED) is 0.680. The van der Waals surface area contributed by atoms with Crippen LogP contribution in [-0.4, -0.2) is 6.54 Å². The Morgan fingerprint density at radius 1 is 1.05 bits per heavy atom. The molecule has 1 aromatic rings. The van der Waals surface area contributed by atoms with Gasteiger partial charge in [-0.3, -0.25) is 0 Å². The van der Waals surface area contributed by atoms with Gasteiger partial charge in [-0.05, 0) is 48.8 Å². The van der Waals surface area contributed by atoms with Crippen LogP contribution in [0.25, 0.3) is 0 Å². The van der Waals surface area contributed by atoms with Gasteiger partial charge in [0.25, 0.3) is 0 Å². The zero-order valence-corrected chi connectivity index (χ0v) is 12.6. The van der Waals surface area contributed by atoms with Gasteiger partial charge in [0.15, 0.2) is 0 Å². The fourth-order valence-corrected chi connectivity index (χ4v) is 3.00. The molecule has 0 heterocycles. The molecular formula is C18H29N. The molecule has 19 heavy (non-hydrogen) atoms. The molecule has 1 unspecified atom stereocenters. The van der Waals surface area contributed by atoms with Crippen LogP contribution < -0.4 is 5.32 Å². The Kier molecular flexibility index (Phi) is 5.75. The Morgan fingerprint density at radius 3 is 2.26 bits per heavy atom. The monoisotopic (exact) mass is 259 g/mol. The largest absolute Gasteiger partial charge is 0.385 e. The fourth-order valence-electron chi connectivity index (χ4n) is 3.00. The van der Waals surface area contributed by atoms with E-state index in [4.69, 9.17) is 0 Å². The molecule has 0 spiro atoms. The van der Waals surface area contributed by atoms with E-state index >= 15 is 0 Å². The van der Waals surface area contributed by atoms with Gasteiger partial charge < -0.3 is 5.32 Å². The third-order valence-electron chi connectivity index (χ3n) is 4.66. The lowest BCUT2D eigenvalue weighted by Gasteiger charge is -2.16. The van der Waals surface area contributed by atoms with E-state index in [1.54, 1.807) is 0 Å². The van der Waals surface area contributed by atoms with Gasteiger partial charge in [-0.15, -0.1) is 0 Å². The fraction of sp³-hybridized carbons (Fsp3) is 0.667. The van der Waals surface area contributed by atoms with Gasteiger partial charge in [0.05, 0.1) is 0 Å². The highest BCUT2D eigenvalue weighted by Gasteiger charge is 2.11. The van der Waals surface area contributed by atoms with E-state index in [-0.39, 0.29) is 0 Å². The number of benzene rings is 1. The van der Waals surface area contributed by atoms with E-state index in [9.17, 15) is 0 Å². The summed E-state index contributed by atoms with van der Waals surface area (Å²) in [6.45, 7) is 5.71. The lowest BCUT2D eigenvalue weighted by Crippen LogP contribution is -2.13. The molecule has 1 N–H and O–H groups in total. The number of rotatable bonds is 5. The Balaban J connectivity index is 1.82. The van der Waals surface area contributed by atoms with E-state index in [1.807, 2.05) is 0 Å². The molecule has 0 aromatic heterocycles. The number of hydrogen-bond donors (Lipinski definition) is 1. The maximum Gasteiger partial charge on any atom is 0.0340 e. The first-order valence-corrected chi connectivity index (χ1v) is 8.13. The molecule has 1 nitrogen and oxygen atoms in total. The van der Waals surface area contributed by atoms with Crippen molar-refractivity contribution in [1.82, 2.24) is 0 Å². The first-order chi connectivity index (χ1) is 9.29. The van der Waals surface area contributed by atoms with Crippen molar-refractivity contribution in [2.24, 2.45) is 5.92 Å². The molecule has 1 fully saturated rings. The van der Waals surface area contributed by atoms with Crippen molar-refractivity contribution < 1.29 is 0 Å². The summed E-state index contributed by atoms with van der Waals surface area (Å²) in [6, 6.07) is 9.06. The van der Waals surface area contributed by atoms with Crippen molar-refractivity contribution in [1.29, 1.82) is 0 Å². The van der Waals surface area contributed by atoms with Crippen molar-refractivity contribution in [3.05, 3.63) is 29.8 Å². The smallest absolute Gasteiger partial charge is 0.0340 e. The van der Waals surface area contributed by atoms with Crippen molar-refractivity contribution in [2.45, 2.75) is 64.7 Å². The summed E-state index contributed by atoms with van der Waals surface area (Å²) in [5.74, 6) is 1.56. The molecular weight excluding hydrogens is 230 g/mol. The normalized spacial score (nSPS) is 18.8.